The zero-order valence-corrected chi connectivity index (χ0v) is 15.6. The van der Waals surface area contributed by atoms with Gasteiger partial charge in [-0.25, -0.2) is 0 Å². The van der Waals surface area contributed by atoms with Gasteiger partial charge in [0.25, 0.3) is 5.91 Å². The van der Waals surface area contributed by atoms with E-state index in [-0.39, 0.29) is 5.91 Å². The number of hydrogen-bond donors (Lipinski definition) is 1. The van der Waals surface area contributed by atoms with Gasteiger partial charge in [-0.3, -0.25) is 19.8 Å². The first-order valence-electron chi connectivity index (χ1n) is 9.60. The Morgan fingerprint density at radius 1 is 1.30 bits per heavy atom. The Morgan fingerprint density at radius 2 is 2.15 bits per heavy atom. The topological polar surface area (TPSA) is 65.1 Å². The summed E-state index contributed by atoms with van der Waals surface area (Å²) in [5.41, 5.74) is 2.58. The van der Waals surface area contributed by atoms with Crippen molar-refractivity contribution in [2.45, 2.75) is 32.4 Å². The number of nitrogens with one attached hydrogen (secondary N) is 1. The number of aromatic amines is 1. The average molecular weight is 363 g/mol. The lowest BCUT2D eigenvalue weighted by molar-refractivity contribution is 0.0694. The molecular formula is C21H25N5O. The molecule has 140 valence electrons. The molecule has 1 saturated heterocycles. The third-order valence-corrected chi connectivity index (χ3v) is 5.45. The van der Waals surface area contributed by atoms with Gasteiger partial charge in [0.1, 0.15) is 0 Å². The highest BCUT2D eigenvalue weighted by molar-refractivity contribution is 6.05. The van der Waals surface area contributed by atoms with Gasteiger partial charge >= 0.3 is 0 Å². The molecule has 2 aromatic heterocycles. The molecule has 0 saturated carbocycles. The summed E-state index contributed by atoms with van der Waals surface area (Å²) in [7, 11) is 0. The van der Waals surface area contributed by atoms with Crippen molar-refractivity contribution < 1.29 is 4.79 Å². The zero-order chi connectivity index (χ0) is 18.6. The van der Waals surface area contributed by atoms with E-state index in [1.807, 2.05) is 35.2 Å². The zero-order valence-electron chi connectivity index (χ0n) is 15.6. The van der Waals surface area contributed by atoms with Crippen LogP contribution in [0.3, 0.4) is 0 Å². The highest BCUT2D eigenvalue weighted by atomic mass is 16.2. The summed E-state index contributed by atoms with van der Waals surface area (Å²) in [4.78, 5) is 22.0. The van der Waals surface area contributed by atoms with Crippen LogP contribution in [0.2, 0.25) is 0 Å². The molecule has 1 amide bonds. The van der Waals surface area contributed by atoms with Gasteiger partial charge in [0.05, 0.1) is 17.3 Å². The summed E-state index contributed by atoms with van der Waals surface area (Å²) in [6, 6.07) is 10.1. The standard InChI is InChI=1S/C21H25N5O/c1-2-25-12-4-6-18(25)15-26(14-16-8-10-22-11-9-16)21(27)19-7-3-5-17-13-23-24-20(17)19/h3,5,7-11,13,18H,2,4,6,12,14-15H2,1H3,(H,23,24). The Hall–Kier alpha value is -2.73. The normalized spacial score (nSPS) is 17.4. The van der Waals surface area contributed by atoms with Crippen LogP contribution in [0.5, 0.6) is 0 Å². The Kier molecular flexibility index (Phi) is 5.16. The number of likely N-dealkylation sites (N-methyl/N-ethyl adjacent to an activating group) is 1. The van der Waals surface area contributed by atoms with Crippen molar-refractivity contribution in [2.24, 2.45) is 0 Å². The molecule has 3 heterocycles. The van der Waals surface area contributed by atoms with E-state index < -0.39 is 0 Å². The molecule has 27 heavy (non-hydrogen) atoms. The van der Waals surface area contributed by atoms with Crippen LogP contribution in [0.1, 0.15) is 35.7 Å². The SMILES string of the molecule is CCN1CCCC1CN(Cc1ccncc1)C(=O)c1cccc2cn[nH]c12. The largest absolute Gasteiger partial charge is 0.333 e. The molecular weight excluding hydrogens is 338 g/mol. The molecule has 1 unspecified atom stereocenters. The van der Waals surface area contributed by atoms with E-state index in [0.29, 0.717) is 18.2 Å². The molecule has 1 aromatic carbocycles. The van der Waals surface area contributed by atoms with Crippen LogP contribution in [-0.4, -0.2) is 56.6 Å². The van der Waals surface area contributed by atoms with Crippen molar-refractivity contribution in [1.29, 1.82) is 0 Å². The smallest absolute Gasteiger partial charge is 0.256 e. The van der Waals surface area contributed by atoms with E-state index in [2.05, 4.69) is 27.0 Å². The van der Waals surface area contributed by atoms with Crippen LogP contribution in [0.4, 0.5) is 0 Å². The van der Waals surface area contributed by atoms with Gasteiger partial charge in [-0.15, -0.1) is 0 Å². The summed E-state index contributed by atoms with van der Waals surface area (Å²) in [5, 5.41) is 8.05. The number of aromatic nitrogens is 3. The molecule has 1 N–H and O–H groups in total. The van der Waals surface area contributed by atoms with Crippen molar-refractivity contribution >= 4 is 16.8 Å². The number of likely N-dealkylation sites (tertiary alicyclic amines) is 1. The maximum Gasteiger partial charge on any atom is 0.256 e. The van der Waals surface area contributed by atoms with Crippen LogP contribution in [0, 0.1) is 0 Å². The van der Waals surface area contributed by atoms with Crippen LogP contribution in [-0.2, 0) is 6.54 Å². The highest BCUT2D eigenvalue weighted by Crippen LogP contribution is 2.22. The summed E-state index contributed by atoms with van der Waals surface area (Å²) in [5.74, 6) is 0.0459. The van der Waals surface area contributed by atoms with Crippen molar-refractivity contribution in [2.75, 3.05) is 19.6 Å². The molecule has 0 radical (unpaired) electrons. The van der Waals surface area contributed by atoms with Gasteiger partial charge in [-0.05, 0) is 49.7 Å². The van der Waals surface area contributed by atoms with Gasteiger partial charge in [0.2, 0.25) is 0 Å². The number of hydrogen-bond acceptors (Lipinski definition) is 4. The van der Waals surface area contributed by atoms with Crippen LogP contribution in [0.15, 0.2) is 48.9 Å². The third kappa shape index (κ3) is 3.71. The quantitative estimate of drug-likeness (QED) is 0.731. The first kappa shape index (κ1) is 17.7. The van der Waals surface area contributed by atoms with E-state index in [1.165, 1.54) is 6.42 Å². The highest BCUT2D eigenvalue weighted by Gasteiger charge is 2.28. The van der Waals surface area contributed by atoms with Gasteiger partial charge in [0.15, 0.2) is 0 Å². The van der Waals surface area contributed by atoms with Gasteiger partial charge in [0, 0.05) is 36.9 Å². The van der Waals surface area contributed by atoms with E-state index >= 15 is 0 Å². The molecule has 1 aliphatic heterocycles. The van der Waals surface area contributed by atoms with Crippen LogP contribution < -0.4 is 0 Å². The maximum atomic E-state index is 13.5. The first-order valence-corrected chi connectivity index (χ1v) is 9.60. The molecule has 1 aliphatic rings. The molecule has 6 nitrogen and oxygen atoms in total. The Morgan fingerprint density at radius 3 is 2.96 bits per heavy atom. The van der Waals surface area contributed by atoms with Crippen molar-refractivity contribution in [3.63, 3.8) is 0 Å². The lowest BCUT2D eigenvalue weighted by Gasteiger charge is -2.30. The summed E-state index contributed by atoms with van der Waals surface area (Å²) < 4.78 is 0. The van der Waals surface area contributed by atoms with E-state index in [4.69, 9.17) is 0 Å². The minimum absolute atomic E-state index is 0.0459. The molecule has 0 aliphatic carbocycles. The van der Waals surface area contributed by atoms with Crippen LogP contribution in [0.25, 0.3) is 10.9 Å². The van der Waals surface area contributed by atoms with E-state index in [9.17, 15) is 4.79 Å². The van der Waals surface area contributed by atoms with Gasteiger partial charge in [-0.1, -0.05) is 19.1 Å². The Labute approximate surface area is 159 Å². The number of carbonyl (C=O) groups is 1. The number of benzene rings is 1. The monoisotopic (exact) mass is 363 g/mol. The Balaban J connectivity index is 1.64. The molecule has 1 fully saturated rings. The second kappa shape index (κ2) is 7.88. The van der Waals surface area contributed by atoms with Gasteiger partial charge in [-0.2, -0.15) is 5.10 Å². The molecule has 1 atom stereocenters. The summed E-state index contributed by atoms with van der Waals surface area (Å²) in [6.45, 7) is 5.66. The maximum absolute atomic E-state index is 13.5. The van der Waals surface area contributed by atoms with Crippen LogP contribution >= 0.6 is 0 Å². The number of amides is 1. The third-order valence-electron chi connectivity index (χ3n) is 5.45. The number of rotatable bonds is 6. The van der Waals surface area contributed by atoms with Gasteiger partial charge < -0.3 is 4.90 Å². The number of fused-ring (bicyclic) bond motifs is 1. The summed E-state index contributed by atoms with van der Waals surface area (Å²) >= 11 is 0. The fraction of sp³-hybridized carbons (Fsp3) is 0.381. The molecule has 0 spiro atoms. The number of pyridine rings is 1. The van der Waals surface area contributed by atoms with Crippen molar-refractivity contribution in [3.05, 3.63) is 60.0 Å². The number of para-hydroxylation sites is 1. The fourth-order valence-corrected chi connectivity index (χ4v) is 4.02. The number of H-pyrrole nitrogens is 1. The van der Waals surface area contributed by atoms with Crippen molar-refractivity contribution in [1.82, 2.24) is 25.0 Å². The second-order valence-corrected chi connectivity index (χ2v) is 7.11. The average Bonchev–Trinajstić information content (AvgIpc) is 3.36. The molecule has 3 aromatic rings. The second-order valence-electron chi connectivity index (χ2n) is 7.11. The fourth-order valence-electron chi connectivity index (χ4n) is 4.02. The minimum atomic E-state index is 0.0459. The Bertz CT molecular complexity index is 907. The van der Waals surface area contributed by atoms with E-state index in [0.717, 1.165) is 42.5 Å². The molecule has 0 bridgehead atoms. The first-order chi connectivity index (χ1) is 13.3. The summed E-state index contributed by atoms with van der Waals surface area (Å²) in [6.07, 6.45) is 7.66. The predicted octanol–water partition coefficient (Wildman–Crippen LogP) is 3.08. The number of nitrogens with zero attached hydrogens (tertiary/aromatic N) is 4. The molecule has 6 heteroatoms. The number of carbonyl (C=O) groups excluding carboxylic acids is 1. The lowest BCUT2D eigenvalue weighted by Crippen LogP contribution is -2.42. The van der Waals surface area contributed by atoms with Crippen molar-refractivity contribution in [3.8, 4) is 0 Å². The molecule has 4 rings (SSSR count). The minimum Gasteiger partial charge on any atom is -0.333 e. The van der Waals surface area contributed by atoms with E-state index in [1.54, 1.807) is 18.6 Å². The predicted molar refractivity (Wildman–Crippen MR) is 105 cm³/mol. The lowest BCUT2D eigenvalue weighted by atomic mass is 10.1.